The average molecular weight is 376 g/mol. The molecule has 142 valence electrons. The number of fused-ring (bicyclic) bond motifs is 2. The predicted molar refractivity (Wildman–Crippen MR) is 108 cm³/mol. The number of nitrogen functional groups attached to an aromatic ring is 1. The first-order valence-corrected chi connectivity index (χ1v) is 9.54. The Morgan fingerprint density at radius 2 is 2.07 bits per heavy atom. The maximum Gasteiger partial charge on any atom is 0.229 e. The Labute approximate surface area is 161 Å². The highest BCUT2D eigenvalue weighted by Crippen LogP contribution is 2.46. The van der Waals surface area contributed by atoms with E-state index in [1.165, 1.54) is 40.7 Å². The highest BCUT2D eigenvalue weighted by molar-refractivity contribution is 5.96. The average Bonchev–Trinajstić information content (AvgIpc) is 3.53. The molecule has 1 aliphatic heterocycles. The van der Waals surface area contributed by atoms with E-state index >= 15 is 0 Å². The zero-order valence-corrected chi connectivity index (χ0v) is 15.4. The third-order valence-corrected chi connectivity index (χ3v) is 5.74. The SMILES string of the molecule is N=Cn1c(=N)nc(N2CCCc3c(C4CC4)cccc32)c2cc(F)c(N)cc21. The van der Waals surface area contributed by atoms with E-state index in [9.17, 15) is 4.39 Å². The molecule has 5 rings (SSSR count). The molecule has 1 fully saturated rings. The molecule has 0 radical (unpaired) electrons. The van der Waals surface area contributed by atoms with E-state index in [-0.39, 0.29) is 11.3 Å². The van der Waals surface area contributed by atoms with Crippen molar-refractivity contribution in [1.82, 2.24) is 9.55 Å². The Kier molecular flexibility index (Phi) is 3.72. The largest absolute Gasteiger partial charge is 0.396 e. The Morgan fingerprint density at radius 1 is 1.25 bits per heavy atom. The van der Waals surface area contributed by atoms with Gasteiger partial charge < -0.3 is 10.6 Å². The molecule has 7 heteroatoms. The van der Waals surface area contributed by atoms with Crippen LogP contribution in [0.25, 0.3) is 10.9 Å². The Morgan fingerprint density at radius 3 is 2.82 bits per heavy atom. The minimum absolute atomic E-state index is 0.00489. The number of halogens is 1. The van der Waals surface area contributed by atoms with Gasteiger partial charge in [-0.05, 0) is 60.9 Å². The lowest BCUT2D eigenvalue weighted by molar-refractivity contribution is 0.634. The van der Waals surface area contributed by atoms with E-state index in [0.29, 0.717) is 22.6 Å². The number of nitrogens with two attached hydrogens (primary N) is 1. The van der Waals surface area contributed by atoms with Crippen molar-refractivity contribution in [3.63, 3.8) is 0 Å². The van der Waals surface area contributed by atoms with Gasteiger partial charge in [0, 0.05) is 17.6 Å². The highest BCUT2D eigenvalue weighted by atomic mass is 19.1. The first-order chi connectivity index (χ1) is 13.6. The van der Waals surface area contributed by atoms with Crippen LogP contribution in [0.4, 0.5) is 21.6 Å². The van der Waals surface area contributed by atoms with Gasteiger partial charge >= 0.3 is 0 Å². The molecule has 0 saturated heterocycles. The topological polar surface area (TPSA) is 94.8 Å². The van der Waals surface area contributed by atoms with Crippen molar-refractivity contribution in [3.05, 3.63) is 52.9 Å². The monoisotopic (exact) mass is 376 g/mol. The van der Waals surface area contributed by atoms with E-state index in [2.05, 4.69) is 28.1 Å². The van der Waals surface area contributed by atoms with Gasteiger partial charge in [-0.15, -0.1) is 0 Å². The summed E-state index contributed by atoms with van der Waals surface area (Å²) >= 11 is 0. The van der Waals surface area contributed by atoms with Crippen molar-refractivity contribution in [2.75, 3.05) is 17.2 Å². The molecule has 4 N–H and O–H groups in total. The molecule has 0 atom stereocenters. The van der Waals surface area contributed by atoms with E-state index in [1.54, 1.807) is 0 Å². The summed E-state index contributed by atoms with van der Waals surface area (Å²) in [7, 11) is 0. The predicted octanol–water partition coefficient (Wildman–Crippen LogP) is 3.65. The Hall–Kier alpha value is -3.22. The summed E-state index contributed by atoms with van der Waals surface area (Å²) in [5.41, 5.74) is 10.0. The van der Waals surface area contributed by atoms with Gasteiger partial charge in [-0.25, -0.2) is 4.39 Å². The summed E-state index contributed by atoms with van der Waals surface area (Å²) in [6.07, 6.45) is 5.49. The number of nitrogens with zero attached hydrogens (tertiary/aromatic N) is 3. The zero-order chi connectivity index (χ0) is 19.4. The number of rotatable bonds is 3. The smallest absolute Gasteiger partial charge is 0.229 e. The minimum atomic E-state index is -0.520. The standard InChI is InChI=1S/C21H21FN6/c22-16-9-15-19(10-17(16)24)28(11-23)21(25)26-20(15)27-8-2-4-14-13(12-6-7-12)3-1-5-18(14)27/h1,3,5,9-12,23,25H,2,4,6-8,24H2. The van der Waals surface area contributed by atoms with Gasteiger partial charge in [0.1, 0.15) is 11.6 Å². The summed E-state index contributed by atoms with van der Waals surface area (Å²) < 4.78 is 15.6. The van der Waals surface area contributed by atoms with Gasteiger partial charge in [0.15, 0.2) is 0 Å². The molecule has 1 aromatic heterocycles. The van der Waals surface area contributed by atoms with Crippen molar-refractivity contribution in [2.24, 2.45) is 0 Å². The molecule has 28 heavy (non-hydrogen) atoms. The Balaban J connectivity index is 1.78. The van der Waals surface area contributed by atoms with Crippen molar-refractivity contribution in [3.8, 4) is 0 Å². The normalized spacial score (nSPS) is 16.2. The summed E-state index contributed by atoms with van der Waals surface area (Å²) in [6, 6.07) is 9.22. The molecule has 2 aliphatic rings. The second-order valence-electron chi connectivity index (χ2n) is 7.52. The van der Waals surface area contributed by atoms with Gasteiger partial charge in [0.05, 0.1) is 17.5 Å². The summed E-state index contributed by atoms with van der Waals surface area (Å²) in [6.45, 7) is 0.753. The van der Waals surface area contributed by atoms with E-state index in [0.717, 1.165) is 31.4 Å². The maximum atomic E-state index is 14.3. The number of benzene rings is 2. The second kappa shape index (κ2) is 6.15. The van der Waals surface area contributed by atoms with Crippen LogP contribution in [-0.4, -0.2) is 22.4 Å². The van der Waals surface area contributed by atoms with Crippen LogP contribution in [-0.2, 0) is 6.42 Å². The molecule has 2 heterocycles. The van der Waals surface area contributed by atoms with Crippen molar-refractivity contribution in [1.29, 1.82) is 10.8 Å². The molecule has 2 aromatic carbocycles. The lowest BCUT2D eigenvalue weighted by atomic mass is 9.93. The van der Waals surface area contributed by atoms with Crippen molar-refractivity contribution >= 4 is 34.4 Å². The number of nitrogens with one attached hydrogen (secondary N) is 2. The van der Waals surface area contributed by atoms with E-state index in [1.807, 2.05) is 0 Å². The molecule has 1 aliphatic carbocycles. The highest BCUT2D eigenvalue weighted by Gasteiger charge is 2.30. The molecule has 0 spiro atoms. The number of anilines is 3. The fourth-order valence-electron chi connectivity index (χ4n) is 4.27. The van der Waals surface area contributed by atoms with Gasteiger partial charge in [0.25, 0.3) is 0 Å². The molecular weight excluding hydrogens is 355 g/mol. The molecular formula is C21H21FN6. The maximum absolute atomic E-state index is 14.3. The zero-order valence-electron chi connectivity index (χ0n) is 15.4. The number of hydrogen-bond donors (Lipinski definition) is 3. The third kappa shape index (κ3) is 2.50. The summed E-state index contributed by atoms with van der Waals surface area (Å²) in [5.74, 6) is 0.680. The second-order valence-corrected chi connectivity index (χ2v) is 7.52. The minimum Gasteiger partial charge on any atom is -0.396 e. The van der Waals surface area contributed by atoms with Crippen molar-refractivity contribution in [2.45, 2.75) is 31.6 Å². The lowest BCUT2D eigenvalue weighted by Gasteiger charge is -2.32. The van der Waals surface area contributed by atoms with E-state index in [4.69, 9.17) is 16.6 Å². The van der Waals surface area contributed by atoms with Crippen LogP contribution in [0.1, 0.15) is 36.3 Å². The van der Waals surface area contributed by atoms with E-state index < -0.39 is 5.82 Å². The summed E-state index contributed by atoms with van der Waals surface area (Å²) in [4.78, 5) is 6.54. The first-order valence-electron chi connectivity index (χ1n) is 9.54. The first kappa shape index (κ1) is 16.9. The van der Waals surface area contributed by atoms with Crippen molar-refractivity contribution < 1.29 is 4.39 Å². The fourth-order valence-corrected chi connectivity index (χ4v) is 4.27. The molecule has 3 aromatic rings. The van der Waals surface area contributed by atoms with Gasteiger partial charge in [-0.1, -0.05) is 12.1 Å². The van der Waals surface area contributed by atoms with Crippen LogP contribution >= 0.6 is 0 Å². The van der Waals surface area contributed by atoms with Gasteiger partial charge in [0.2, 0.25) is 5.62 Å². The number of aromatic nitrogens is 2. The van der Waals surface area contributed by atoms with Crippen LogP contribution in [0.15, 0.2) is 30.3 Å². The van der Waals surface area contributed by atoms with Crippen LogP contribution in [0.5, 0.6) is 0 Å². The third-order valence-electron chi connectivity index (χ3n) is 5.74. The van der Waals surface area contributed by atoms with Gasteiger partial charge in [-0.3, -0.25) is 15.4 Å². The van der Waals surface area contributed by atoms with Crippen LogP contribution < -0.4 is 16.3 Å². The van der Waals surface area contributed by atoms with Crippen LogP contribution in [0.3, 0.4) is 0 Å². The Bertz CT molecular complexity index is 1180. The summed E-state index contributed by atoms with van der Waals surface area (Å²) in [5, 5.41) is 16.5. The molecule has 6 nitrogen and oxygen atoms in total. The van der Waals surface area contributed by atoms with Crippen LogP contribution in [0.2, 0.25) is 0 Å². The van der Waals surface area contributed by atoms with Crippen LogP contribution in [0, 0.1) is 16.6 Å². The molecule has 0 amide bonds. The fraction of sp³-hybridized carbons (Fsp3) is 0.286. The number of hydrogen-bond acceptors (Lipinski definition) is 5. The molecule has 0 bridgehead atoms. The quantitative estimate of drug-likeness (QED) is 0.370. The molecule has 1 saturated carbocycles. The molecule has 0 unspecified atom stereocenters. The lowest BCUT2D eigenvalue weighted by Crippen LogP contribution is -2.31. The van der Waals surface area contributed by atoms with Gasteiger partial charge in [-0.2, -0.15) is 4.98 Å².